The minimum absolute atomic E-state index is 0.662. The molecule has 0 fully saturated rings. The predicted octanol–water partition coefficient (Wildman–Crippen LogP) is 3.12. The highest BCUT2D eigenvalue weighted by Gasteiger charge is 2.35. The molecule has 0 rings (SSSR count). The van der Waals surface area contributed by atoms with E-state index < -0.39 is 36.6 Å². The average molecular weight is 225 g/mol. The van der Waals surface area contributed by atoms with Crippen LogP contribution in [0.25, 0.3) is 0 Å². The molecule has 0 heterocycles. The van der Waals surface area contributed by atoms with Crippen molar-refractivity contribution in [3.8, 4) is 0 Å². The van der Waals surface area contributed by atoms with Crippen LogP contribution < -0.4 is 0 Å². The minimum Gasteiger partial charge on any atom is -0.291 e. The number of hydrogen-bond acceptors (Lipinski definition) is 1. The zero-order valence-corrected chi connectivity index (χ0v) is 7.05. The van der Waals surface area contributed by atoms with E-state index in [-0.39, 0.29) is 0 Å². The van der Waals surface area contributed by atoms with Gasteiger partial charge in [-0.25, -0.2) is 0 Å². The lowest BCUT2D eigenvalue weighted by atomic mass is 10.2. The van der Waals surface area contributed by atoms with Gasteiger partial charge in [-0.15, -0.1) is 0 Å². The Morgan fingerprint density at radius 3 is 1.92 bits per heavy atom. The number of Topliss-reactive ketones (excluding diaryl/α,β-unsaturated/α-hetero) is 1. The summed E-state index contributed by atoms with van der Waals surface area (Å²) in [4.78, 5) is 10.3. The average Bonchev–Trinajstić information content (AvgIpc) is 1.82. The number of halogens is 6. The fourth-order valence-corrected chi connectivity index (χ4v) is 0.686. The summed E-state index contributed by atoms with van der Waals surface area (Å²) in [5.74, 6) is -1.68. The number of carbonyl (C=O) groups excluding carboxylic acids is 1. The minimum atomic E-state index is -4.43. The Labute approximate surface area is 75.9 Å². The van der Waals surface area contributed by atoms with Crippen molar-refractivity contribution >= 4 is 17.4 Å². The Hall–Kier alpha value is -0.390. The third-order valence-electron chi connectivity index (χ3n) is 1.18. The predicted molar refractivity (Wildman–Crippen MR) is 35.7 cm³/mol. The first-order valence-electron chi connectivity index (χ1n) is 3.30. The lowest BCUT2D eigenvalue weighted by Crippen LogP contribution is -2.21. The topological polar surface area (TPSA) is 17.1 Å². The van der Waals surface area contributed by atoms with Crippen LogP contribution in [-0.2, 0) is 4.79 Å². The first kappa shape index (κ1) is 12.6. The number of alkyl halides is 6. The molecule has 13 heavy (non-hydrogen) atoms. The molecule has 0 aromatic heterocycles. The molecule has 0 bridgehead atoms. The van der Waals surface area contributed by atoms with Gasteiger partial charge in [-0.1, -0.05) is 0 Å². The van der Waals surface area contributed by atoms with Crippen molar-refractivity contribution in [2.75, 3.05) is 0 Å². The van der Waals surface area contributed by atoms with E-state index in [0.29, 0.717) is 0 Å². The van der Waals surface area contributed by atoms with E-state index in [1.54, 1.807) is 0 Å². The Kier molecular flexibility index (Phi) is 4.09. The summed E-state index contributed by atoms with van der Waals surface area (Å²) in [6.45, 7) is 0. The van der Waals surface area contributed by atoms with Gasteiger partial charge in [-0.2, -0.15) is 22.0 Å². The van der Waals surface area contributed by atoms with Gasteiger partial charge in [-0.3, -0.25) is 4.79 Å². The van der Waals surface area contributed by atoms with E-state index in [1.807, 2.05) is 0 Å². The van der Waals surface area contributed by atoms with Crippen LogP contribution in [0.1, 0.15) is 19.3 Å². The molecule has 0 radical (unpaired) electrons. The number of carbonyl (C=O) groups is 1. The largest absolute Gasteiger partial charge is 0.389 e. The van der Waals surface area contributed by atoms with E-state index in [1.165, 1.54) is 0 Å². The molecule has 0 saturated heterocycles. The summed E-state index contributed by atoms with van der Waals surface area (Å²) < 4.78 is 58.2. The second-order valence-electron chi connectivity index (χ2n) is 2.39. The van der Waals surface area contributed by atoms with E-state index in [9.17, 15) is 26.7 Å². The molecule has 0 saturated carbocycles. The Morgan fingerprint density at radius 1 is 1.15 bits per heavy atom. The molecule has 0 aliphatic rings. The van der Waals surface area contributed by atoms with Crippen molar-refractivity contribution in [3.63, 3.8) is 0 Å². The second kappa shape index (κ2) is 4.21. The van der Waals surface area contributed by atoms with E-state index in [0.717, 1.165) is 0 Å². The van der Waals surface area contributed by atoms with Crippen molar-refractivity contribution in [2.45, 2.75) is 30.8 Å². The van der Waals surface area contributed by atoms with Gasteiger partial charge in [0.05, 0.1) is 0 Å². The fraction of sp³-hybridized carbons (Fsp3) is 0.833. The van der Waals surface area contributed by atoms with Crippen LogP contribution in [0, 0.1) is 0 Å². The number of rotatable bonds is 4. The summed E-state index contributed by atoms with van der Waals surface area (Å²) in [6.07, 6.45) is -7.21. The molecule has 0 unspecified atom stereocenters. The summed E-state index contributed by atoms with van der Waals surface area (Å²) >= 11 is 4.27. The van der Waals surface area contributed by atoms with Gasteiger partial charge in [0.25, 0.3) is 0 Å². The maximum Gasteiger partial charge on any atom is 0.389 e. The smallest absolute Gasteiger partial charge is 0.291 e. The quantitative estimate of drug-likeness (QED) is 0.530. The molecular formula is C6H6ClF5O. The van der Waals surface area contributed by atoms with Crippen LogP contribution in [0.5, 0.6) is 0 Å². The van der Waals surface area contributed by atoms with E-state index >= 15 is 0 Å². The molecule has 0 spiro atoms. The Bertz CT molecular complexity index is 182. The van der Waals surface area contributed by atoms with Gasteiger partial charge in [-0.05, 0) is 18.0 Å². The van der Waals surface area contributed by atoms with Crippen molar-refractivity contribution in [3.05, 3.63) is 0 Å². The lowest BCUT2D eigenvalue weighted by molar-refractivity contribution is -0.141. The van der Waals surface area contributed by atoms with Gasteiger partial charge < -0.3 is 0 Å². The van der Waals surface area contributed by atoms with E-state index in [2.05, 4.69) is 11.6 Å². The Morgan fingerprint density at radius 2 is 1.62 bits per heavy atom. The molecule has 78 valence electrons. The van der Waals surface area contributed by atoms with Crippen LogP contribution in [0.4, 0.5) is 22.0 Å². The van der Waals surface area contributed by atoms with Crippen LogP contribution in [0.15, 0.2) is 0 Å². The molecule has 0 amide bonds. The second-order valence-corrected chi connectivity index (χ2v) is 2.86. The molecule has 0 atom stereocenters. The normalized spacial score (nSPS) is 13.1. The third-order valence-corrected chi connectivity index (χ3v) is 1.39. The van der Waals surface area contributed by atoms with Crippen molar-refractivity contribution in [2.24, 2.45) is 0 Å². The molecule has 0 aromatic carbocycles. The van der Waals surface area contributed by atoms with Crippen LogP contribution in [0.3, 0.4) is 0 Å². The third kappa shape index (κ3) is 6.74. The first-order valence-corrected chi connectivity index (χ1v) is 3.67. The van der Waals surface area contributed by atoms with Gasteiger partial charge >= 0.3 is 11.6 Å². The fourth-order valence-electron chi connectivity index (χ4n) is 0.591. The maximum atomic E-state index is 11.9. The molecule has 1 nitrogen and oxygen atoms in total. The van der Waals surface area contributed by atoms with Gasteiger partial charge in [0.2, 0.25) is 5.78 Å². The highest BCUT2D eigenvalue weighted by Crippen LogP contribution is 2.26. The summed E-state index contributed by atoms with van der Waals surface area (Å²) in [7, 11) is 0. The highest BCUT2D eigenvalue weighted by molar-refractivity contribution is 6.32. The molecule has 7 heteroatoms. The SMILES string of the molecule is O=C(CCCC(F)(F)F)C(F)(F)Cl. The van der Waals surface area contributed by atoms with Crippen molar-refractivity contribution < 1.29 is 26.7 Å². The van der Waals surface area contributed by atoms with Crippen molar-refractivity contribution in [1.29, 1.82) is 0 Å². The van der Waals surface area contributed by atoms with E-state index in [4.69, 9.17) is 0 Å². The van der Waals surface area contributed by atoms with Gasteiger partial charge in [0.15, 0.2) is 0 Å². The number of ketones is 1. The van der Waals surface area contributed by atoms with Crippen LogP contribution >= 0.6 is 11.6 Å². The van der Waals surface area contributed by atoms with Crippen LogP contribution in [0.2, 0.25) is 0 Å². The lowest BCUT2D eigenvalue weighted by Gasteiger charge is -2.07. The zero-order chi connectivity index (χ0) is 10.7. The molecule has 0 N–H and O–H groups in total. The number of hydrogen-bond donors (Lipinski definition) is 0. The maximum absolute atomic E-state index is 11.9. The van der Waals surface area contributed by atoms with Crippen molar-refractivity contribution in [1.82, 2.24) is 0 Å². The zero-order valence-electron chi connectivity index (χ0n) is 6.30. The van der Waals surface area contributed by atoms with Crippen LogP contribution in [-0.4, -0.2) is 17.3 Å². The summed E-state index contributed by atoms with van der Waals surface area (Å²) in [5, 5.41) is -4.05. The monoisotopic (exact) mass is 224 g/mol. The highest BCUT2D eigenvalue weighted by atomic mass is 35.5. The molecular weight excluding hydrogens is 219 g/mol. The standard InChI is InChI=1S/C6H6ClF5O/c7-6(11,12)4(13)2-1-3-5(8,9)10/h1-3H2. The Balaban J connectivity index is 3.74. The molecule has 0 aromatic rings. The molecule has 0 aliphatic carbocycles. The van der Waals surface area contributed by atoms with Gasteiger partial charge in [0, 0.05) is 12.8 Å². The van der Waals surface area contributed by atoms with Gasteiger partial charge in [0.1, 0.15) is 0 Å². The summed E-state index contributed by atoms with van der Waals surface area (Å²) in [6, 6.07) is 0. The summed E-state index contributed by atoms with van der Waals surface area (Å²) in [5.41, 5.74) is 0. The molecule has 0 aliphatic heterocycles. The first-order chi connectivity index (χ1) is 5.63.